The Morgan fingerprint density at radius 2 is 1.94 bits per heavy atom. The van der Waals surface area contributed by atoms with Gasteiger partial charge in [0.05, 0.1) is 30.7 Å². The Labute approximate surface area is 196 Å². The zero-order valence-corrected chi connectivity index (χ0v) is 19.9. The molecule has 1 heterocycles. The molecule has 0 unspecified atom stereocenters. The molecule has 2 aromatic carbocycles. The molecule has 1 amide bonds. The first-order valence-electron chi connectivity index (χ1n) is 9.90. The van der Waals surface area contributed by atoms with Crippen LogP contribution in [0.25, 0.3) is 0 Å². The van der Waals surface area contributed by atoms with Crippen molar-refractivity contribution in [2.24, 2.45) is 0 Å². The monoisotopic (exact) mass is 476 g/mol. The molecule has 10 heteroatoms. The summed E-state index contributed by atoms with van der Waals surface area (Å²) in [6.45, 7) is 4.82. The van der Waals surface area contributed by atoms with Gasteiger partial charge in [-0.2, -0.15) is 0 Å². The highest BCUT2D eigenvalue weighted by atomic mass is 35.5. The van der Waals surface area contributed by atoms with E-state index in [1.807, 2.05) is 30.5 Å². The van der Waals surface area contributed by atoms with Crippen LogP contribution in [-0.2, 0) is 17.9 Å². The molecule has 0 atom stereocenters. The van der Waals surface area contributed by atoms with Gasteiger partial charge < -0.3 is 24.1 Å². The molecule has 0 saturated heterocycles. The summed E-state index contributed by atoms with van der Waals surface area (Å²) in [6.07, 6.45) is 0. The van der Waals surface area contributed by atoms with Gasteiger partial charge in [0.1, 0.15) is 23.9 Å². The van der Waals surface area contributed by atoms with E-state index in [0.29, 0.717) is 45.5 Å². The number of nitrogens with zero attached hydrogens (tertiary/aromatic N) is 3. The van der Waals surface area contributed by atoms with Gasteiger partial charge in [-0.25, -0.2) is 0 Å². The quantitative estimate of drug-likeness (QED) is 0.428. The first-order chi connectivity index (χ1) is 15.4. The average Bonchev–Trinajstić information content (AvgIpc) is 3.20. The summed E-state index contributed by atoms with van der Waals surface area (Å²) in [4.78, 5) is 12.5. The number of thioether (sulfide) groups is 1. The molecule has 170 valence electrons. The lowest BCUT2D eigenvalue weighted by Crippen LogP contribution is -2.15. The lowest BCUT2D eigenvalue weighted by atomic mass is 10.2. The van der Waals surface area contributed by atoms with Crippen LogP contribution >= 0.6 is 23.4 Å². The molecule has 0 fully saturated rings. The Kier molecular flexibility index (Phi) is 8.24. The van der Waals surface area contributed by atoms with Crippen molar-refractivity contribution in [1.29, 1.82) is 0 Å². The maximum absolute atomic E-state index is 12.5. The molecule has 0 spiro atoms. The van der Waals surface area contributed by atoms with Gasteiger partial charge in [0.25, 0.3) is 0 Å². The van der Waals surface area contributed by atoms with Crippen molar-refractivity contribution in [3.63, 3.8) is 0 Å². The summed E-state index contributed by atoms with van der Waals surface area (Å²) < 4.78 is 18.2. The van der Waals surface area contributed by atoms with Crippen LogP contribution in [0.3, 0.4) is 0 Å². The predicted molar refractivity (Wildman–Crippen MR) is 125 cm³/mol. The summed E-state index contributed by atoms with van der Waals surface area (Å²) in [7, 11) is 3.11. The third-order valence-corrected chi connectivity index (χ3v) is 5.85. The highest BCUT2D eigenvalue weighted by molar-refractivity contribution is 7.99. The highest BCUT2D eigenvalue weighted by Gasteiger charge is 2.15. The molecule has 1 N–H and O–H groups in total. The molecule has 0 radical (unpaired) electrons. The summed E-state index contributed by atoms with van der Waals surface area (Å²) in [5.74, 6) is 2.40. The van der Waals surface area contributed by atoms with Gasteiger partial charge >= 0.3 is 0 Å². The number of benzene rings is 2. The second-order valence-corrected chi connectivity index (χ2v) is 8.12. The SMILES string of the molecule is CCn1c(COc2cc(C)ccc2Cl)nnc1SCC(=O)Nc1ccc(OC)cc1OC. The second-order valence-electron chi connectivity index (χ2n) is 6.77. The number of anilines is 1. The fraction of sp³-hybridized carbons (Fsp3) is 0.318. The van der Waals surface area contributed by atoms with Crippen LogP contribution in [0, 0.1) is 6.92 Å². The normalized spacial score (nSPS) is 10.7. The molecule has 0 aliphatic heterocycles. The van der Waals surface area contributed by atoms with E-state index in [9.17, 15) is 4.79 Å². The minimum absolute atomic E-state index is 0.165. The second kappa shape index (κ2) is 11.1. The number of rotatable bonds is 10. The molecular weight excluding hydrogens is 452 g/mol. The van der Waals surface area contributed by atoms with Crippen LogP contribution in [0.2, 0.25) is 5.02 Å². The van der Waals surface area contributed by atoms with Crippen LogP contribution in [0.1, 0.15) is 18.3 Å². The molecule has 0 aliphatic carbocycles. The first-order valence-corrected chi connectivity index (χ1v) is 11.3. The number of methoxy groups -OCH3 is 2. The summed E-state index contributed by atoms with van der Waals surface area (Å²) in [5, 5.41) is 12.5. The number of carbonyl (C=O) groups is 1. The van der Waals surface area contributed by atoms with Crippen molar-refractivity contribution in [3.8, 4) is 17.2 Å². The number of aromatic nitrogens is 3. The van der Waals surface area contributed by atoms with Gasteiger partial charge in [-0.15, -0.1) is 10.2 Å². The number of hydrogen-bond acceptors (Lipinski definition) is 7. The van der Waals surface area contributed by atoms with Crippen LogP contribution in [0.5, 0.6) is 17.2 Å². The fourth-order valence-corrected chi connectivity index (χ4v) is 3.93. The minimum Gasteiger partial charge on any atom is -0.497 e. The number of ether oxygens (including phenoxy) is 3. The Morgan fingerprint density at radius 1 is 1.12 bits per heavy atom. The number of hydrogen-bond donors (Lipinski definition) is 1. The lowest BCUT2D eigenvalue weighted by molar-refractivity contribution is -0.113. The molecular formula is C22H25ClN4O4S. The number of aryl methyl sites for hydroxylation is 1. The maximum atomic E-state index is 12.5. The minimum atomic E-state index is -0.187. The standard InChI is InChI=1S/C22H25ClN4O4S/c1-5-27-20(12-31-18-10-14(2)6-8-16(18)23)25-26-22(27)32-13-21(28)24-17-9-7-15(29-3)11-19(17)30-4/h6-11H,5,12-13H2,1-4H3,(H,24,28). The molecule has 0 aliphatic rings. The van der Waals surface area contributed by atoms with E-state index in [1.165, 1.54) is 18.9 Å². The van der Waals surface area contributed by atoms with Gasteiger partial charge in [-0.3, -0.25) is 4.79 Å². The lowest BCUT2D eigenvalue weighted by Gasteiger charge is -2.12. The van der Waals surface area contributed by atoms with Gasteiger partial charge in [-0.1, -0.05) is 29.4 Å². The summed E-state index contributed by atoms with van der Waals surface area (Å²) in [5.41, 5.74) is 1.62. The van der Waals surface area contributed by atoms with E-state index in [4.69, 9.17) is 25.8 Å². The third kappa shape index (κ3) is 5.86. The molecule has 3 aromatic rings. The van der Waals surface area contributed by atoms with Crippen molar-refractivity contribution in [2.75, 3.05) is 25.3 Å². The maximum Gasteiger partial charge on any atom is 0.234 e. The molecule has 3 rings (SSSR count). The zero-order valence-electron chi connectivity index (χ0n) is 18.3. The highest BCUT2D eigenvalue weighted by Crippen LogP contribution is 2.30. The van der Waals surface area contributed by atoms with Crippen molar-refractivity contribution >= 4 is 35.0 Å². The molecule has 8 nitrogen and oxygen atoms in total. The largest absolute Gasteiger partial charge is 0.497 e. The van der Waals surface area contributed by atoms with E-state index >= 15 is 0 Å². The van der Waals surface area contributed by atoms with Gasteiger partial charge in [0, 0.05) is 12.6 Å². The molecule has 0 bridgehead atoms. The molecule has 0 saturated carbocycles. The first kappa shape index (κ1) is 23.7. The summed E-state index contributed by atoms with van der Waals surface area (Å²) >= 11 is 7.50. The van der Waals surface area contributed by atoms with E-state index < -0.39 is 0 Å². The van der Waals surface area contributed by atoms with E-state index in [0.717, 1.165) is 5.56 Å². The third-order valence-electron chi connectivity index (χ3n) is 4.57. The summed E-state index contributed by atoms with van der Waals surface area (Å²) in [6, 6.07) is 10.8. The Hall–Kier alpha value is -2.91. The van der Waals surface area contributed by atoms with Crippen molar-refractivity contribution in [3.05, 3.63) is 52.8 Å². The van der Waals surface area contributed by atoms with Gasteiger partial charge in [0.15, 0.2) is 11.0 Å². The fourth-order valence-electron chi connectivity index (χ4n) is 2.93. The molecule has 1 aromatic heterocycles. The number of nitrogens with one attached hydrogen (secondary N) is 1. The van der Waals surface area contributed by atoms with Crippen LogP contribution < -0.4 is 19.5 Å². The van der Waals surface area contributed by atoms with E-state index in [2.05, 4.69) is 15.5 Å². The van der Waals surface area contributed by atoms with Crippen LogP contribution in [-0.4, -0.2) is 40.6 Å². The van der Waals surface area contributed by atoms with E-state index in [-0.39, 0.29) is 18.3 Å². The topological polar surface area (TPSA) is 87.5 Å². The van der Waals surface area contributed by atoms with Gasteiger partial charge in [-0.05, 0) is 43.7 Å². The zero-order chi connectivity index (χ0) is 23.1. The van der Waals surface area contributed by atoms with Crippen molar-refractivity contribution in [1.82, 2.24) is 14.8 Å². The Morgan fingerprint density at radius 3 is 2.66 bits per heavy atom. The van der Waals surface area contributed by atoms with Crippen molar-refractivity contribution < 1.29 is 19.0 Å². The van der Waals surface area contributed by atoms with Crippen molar-refractivity contribution in [2.45, 2.75) is 32.2 Å². The van der Waals surface area contributed by atoms with Crippen LogP contribution in [0.15, 0.2) is 41.6 Å². The van der Waals surface area contributed by atoms with Gasteiger partial charge in [0.2, 0.25) is 5.91 Å². The van der Waals surface area contributed by atoms with Crippen LogP contribution in [0.4, 0.5) is 5.69 Å². The molecule has 32 heavy (non-hydrogen) atoms. The predicted octanol–water partition coefficient (Wildman–Crippen LogP) is 4.59. The smallest absolute Gasteiger partial charge is 0.234 e. The number of amides is 1. The average molecular weight is 477 g/mol. The Bertz CT molecular complexity index is 1090. The number of halogens is 1. The number of carbonyl (C=O) groups excluding carboxylic acids is 1. The Balaban J connectivity index is 1.61. The van der Waals surface area contributed by atoms with E-state index in [1.54, 1.807) is 31.4 Å².